The molecular weight excluding hydrogens is 354 g/mol. The molecule has 2 atom stereocenters. The highest BCUT2D eigenvalue weighted by atomic mass is 16.5. The second kappa shape index (κ2) is 12.7. The number of carbonyl (C=O) groups excluding carboxylic acids is 1. The van der Waals surface area contributed by atoms with Crippen molar-refractivity contribution in [3.8, 4) is 0 Å². The number of nitrogens with zero attached hydrogens (tertiary/aromatic N) is 1. The summed E-state index contributed by atoms with van der Waals surface area (Å²) in [5.74, 6) is 0.215. The Bertz CT molecular complexity index is 616. The zero-order valence-corrected chi connectivity index (χ0v) is 17.1. The summed E-state index contributed by atoms with van der Waals surface area (Å²) < 4.78 is 5.16. The van der Waals surface area contributed by atoms with E-state index in [1.807, 2.05) is 35.3 Å². The van der Waals surface area contributed by atoms with Gasteiger partial charge in [-0.1, -0.05) is 55.7 Å². The van der Waals surface area contributed by atoms with Gasteiger partial charge in [-0.25, -0.2) is 0 Å². The molecule has 1 aromatic rings. The molecular formula is C23H35NO4. The molecule has 0 aliphatic carbocycles. The molecule has 1 saturated heterocycles. The van der Waals surface area contributed by atoms with Gasteiger partial charge in [-0.15, -0.1) is 0 Å². The molecule has 2 N–H and O–H groups in total. The first-order chi connectivity index (χ1) is 13.6. The van der Waals surface area contributed by atoms with E-state index in [0.29, 0.717) is 19.4 Å². The summed E-state index contributed by atoms with van der Waals surface area (Å²) >= 11 is 0. The molecule has 0 radical (unpaired) electrons. The van der Waals surface area contributed by atoms with Crippen LogP contribution in [0.15, 0.2) is 36.4 Å². The maximum atomic E-state index is 12.2. The molecule has 28 heavy (non-hydrogen) atoms. The van der Waals surface area contributed by atoms with Crippen LogP contribution in [0.2, 0.25) is 0 Å². The second-order valence-corrected chi connectivity index (χ2v) is 7.59. The normalized spacial score (nSPS) is 18.3. The highest BCUT2D eigenvalue weighted by Crippen LogP contribution is 2.21. The van der Waals surface area contributed by atoms with Crippen LogP contribution < -0.4 is 0 Å². The van der Waals surface area contributed by atoms with E-state index in [4.69, 9.17) is 9.84 Å². The fraction of sp³-hybridized carbons (Fsp3) is 0.609. The lowest BCUT2D eigenvalue weighted by Crippen LogP contribution is -2.32. The SMILES string of the molecule is COCc1cccc(C[C@H](O)/C=C/[C@H]2CCC(=O)N2CCCCCCCO)c1. The molecule has 1 heterocycles. The van der Waals surface area contributed by atoms with Crippen molar-refractivity contribution >= 4 is 5.91 Å². The number of aliphatic hydroxyl groups is 2. The predicted octanol–water partition coefficient (Wildman–Crippen LogP) is 3.23. The van der Waals surface area contributed by atoms with E-state index in [0.717, 1.165) is 56.2 Å². The van der Waals surface area contributed by atoms with Gasteiger partial charge in [0.15, 0.2) is 0 Å². The van der Waals surface area contributed by atoms with Gasteiger partial charge >= 0.3 is 0 Å². The van der Waals surface area contributed by atoms with Gasteiger partial charge in [0.05, 0.1) is 18.8 Å². The van der Waals surface area contributed by atoms with Crippen LogP contribution in [0.3, 0.4) is 0 Å². The zero-order chi connectivity index (χ0) is 20.2. The van der Waals surface area contributed by atoms with Gasteiger partial charge < -0.3 is 19.8 Å². The monoisotopic (exact) mass is 389 g/mol. The Hall–Kier alpha value is -1.69. The first kappa shape index (κ1) is 22.6. The minimum Gasteiger partial charge on any atom is -0.396 e. The third kappa shape index (κ3) is 7.74. The summed E-state index contributed by atoms with van der Waals surface area (Å²) in [7, 11) is 1.67. The third-order valence-electron chi connectivity index (χ3n) is 5.23. The topological polar surface area (TPSA) is 70.0 Å². The smallest absolute Gasteiger partial charge is 0.223 e. The Kier molecular flexibility index (Phi) is 10.3. The fourth-order valence-electron chi connectivity index (χ4n) is 3.75. The van der Waals surface area contributed by atoms with Crippen molar-refractivity contribution in [3.05, 3.63) is 47.5 Å². The van der Waals surface area contributed by atoms with Crippen molar-refractivity contribution < 1.29 is 19.7 Å². The number of carbonyl (C=O) groups is 1. The number of aliphatic hydroxyl groups excluding tert-OH is 2. The number of hydrogen-bond donors (Lipinski definition) is 2. The van der Waals surface area contributed by atoms with Gasteiger partial charge in [0.1, 0.15) is 0 Å². The molecule has 0 saturated carbocycles. The number of methoxy groups -OCH3 is 1. The molecule has 156 valence electrons. The summed E-state index contributed by atoms with van der Waals surface area (Å²) in [6.07, 6.45) is 10.3. The molecule has 1 aliphatic rings. The Morgan fingerprint density at radius 3 is 2.75 bits per heavy atom. The number of unbranched alkanes of at least 4 members (excludes halogenated alkanes) is 4. The molecule has 5 nitrogen and oxygen atoms in total. The molecule has 0 bridgehead atoms. The van der Waals surface area contributed by atoms with Crippen molar-refractivity contribution in [2.75, 3.05) is 20.3 Å². The van der Waals surface area contributed by atoms with Crippen LogP contribution >= 0.6 is 0 Å². The number of ether oxygens (including phenoxy) is 1. The van der Waals surface area contributed by atoms with Crippen molar-refractivity contribution in [2.45, 2.75) is 70.1 Å². The molecule has 1 aliphatic heterocycles. The summed E-state index contributed by atoms with van der Waals surface area (Å²) in [6.45, 7) is 1.61. The van der Waals surface area contributed by atoms with E-state index in [1.54, 1.807) is 7.11 Å². The Morgan fingerprint density at radius 2 is 1.96 bits per heavy atom. The minimum atomic E-state index is -0.561. The zero-order valence-electron chi connectivity index (χ0n) is 17.1. The van der Waals surface area contributed by atoms with Gasteiger partial charge in [-0.05, 0) is 30.4 Å². The maximum absolute atomic E-state index is 12.2. The summed E-state index contributed by atoms with van der Waals surface area (Å²) in [6, 6.07) is 8.17. The van der Waals surface area contributed by atoms with E-state index >= 15 is 0 Å². The van der Waals surface area contributed by atoms with E-state index in [2.05, 4.69) is 6.07 Å². The predicted molar refractivity (Wildman–Crippen MR) is 111 cm³/mol. The molecule has 1 amide bonds. The van der Waals surface area contributed by atoms with Crippen LogP contribution in [0.4, 0.5) is 0 Å². The Labute approximate surface area is 169 Å². The molecule has 0 unspecified atom stereocenters. The fourth-order valence-corrected chi connectivity index (χ4v) is 3.75. The van der Waals surface area contributed by atoms with Gasteiger partial charge in [0.2, 0.25) is 5.91 Å². The lowest BCUT2D eigenvalue weighted by Gasteiger charge is -2.22. The van der Waals surface area contributed by atoms with Gasteiger partial charge in [0, 0.05) is 33.1 Å². The summed E-state index contributed by atoms with van der Waals surface area (Å²) in [5, 5.41) is 19.2. The molecule has 2 rings (SSSR count). The van der Waals surface area contributed by atoms with Crippen molar-refractivity contribution in [1.82, 2.24) is 4.90 Å². The largest absolute Gasteiger partial charge is 0.396 e. The van der Waals surface area contributed by atoms with Crippen LogP contribution in [0.5, 0.6) is 0 Å². The maximum Gasteiger partial charge on any atom is 0.223 e. The Balaban J connectivity index is 1.80. The van der Waals surface area contributed by atoms with Crippen LogP contribution in [0.1, 0.15) is 56.1 Å². The molecule has 0 spiro atoms. The lowest BCUT2D eigenvalue weighted by atomic mass is 10.0. The molecule has 5 heteroatoms. The quantitative estimate of drug-likeness (QED) is 0.401. The third-order valence-corrected chi connectivity index (χ3v) is 5.23. The summed E-state index contributed by atoms with van der Waals surface area (Å²) in [5.41, 5.74) is 2.18. The molecule has 0 aromatic heterocycles. The van der Waals surface area contributed by atoms with Gasteiger partial charge in [-0.2, -0.15) is 0 Å². The number of amides is 1. The van der Waals surface area contributed by atoms with Crippen LogP contribution in [0.25, 0.3) is 0 Å². The van der Waals surface area contributed by atoms with E-state index in [-0.39, 0.29) is 18.6 Å². The number of likely N-dealkylation sites (tertiary alicyclic amines) is 1. The average molecular weight is 390 g/mol. The van der Waals surface area contributed by atoms with Crippen molar-refractivity contribution in [1.29, 1.82) is 0 Å². The molecule has 1 aromatic carbocycles. The van der Waals surface area contributed by atoms with E-state index in [9.17, 15) is 9.90 Å². The van der Waals surface area contributed by atoms with Crippen molar-refractivity contribution in [3.63, 3.8) is 0 Å². The molecule has 1 fully saturated rings. The van der Waals surface area contributed by atoms with Crippen LogP contribution in [0, 0.1) is 0 Å². The van der Waals surface area contributed by atoms with Gasteiger partial charge in [-0.3, -0.25) is 4.79 Å². The van der Waals surface area contributed by atoms with E-state index < -0.39 is 6.10 Å². The lowest BCUT2D eigenvalue weighted by molar-refractivity contribution is -0.128. The van der Waals surface area contributed by atoms with Gasteiger partial charge in [0.25, 0.3) is 0 Å². The minimum absolute atomic E-state index is 0.0967. The first-order valence-electron chi connectivity index (χ1n) is 10.5. The number of benzene rings is 1. The highest BCUT2D eigenvalue weighted by molar-refractivity contribution is 5.79. The van der Waals surface area contributed by atoms with Crippen molar-refractivity contribution in [2.24, 2.45) is 0 Å². The van der Waals surface area contributed by atoms with Crippen LogP contribution in [-0.2, 0) is 22.6 Å². The van der Waals surface area contributed by atoms with E-state index in [1.165, 1.54) is 0 Å². The van der Waals surface area contributed by atoms with Crippen LogP contribution in [-0.4, -0.2) is 53.4 Å². The number of rotatable bonds is 13. The highest BCUT2D eigenvalue weighted by Gasteiger charge is 2.28. The standard InChI is InChI=1S/C23H35NO4/c1-28-18-20-9-7-8-19(16-20)17-22(26)12-10-21-11-13-23(27)24(21)14-5-3-2-4-6-15-25/h7-10,12,16,21-22,25-26H,2-6,11,13-15,17-18H2,1H3/b12-10+/t21-,22+/m0/s1. The second-order valence-electron chi connectivity index (χ2n) is 7.59. The summed E-state index contributed by atoms with van der Waals surface area (Å²) in [4.78, 5) is 14.1. The average Bonchev–Trinajstić information content (AvgIpc) is 3.03. The first-order valence-corrected chi connectivity index (χ1v) is 10.5. The Morgan fingerprint density at radius 1 is 1.21 bits per heavy atom. The number of hydrogen-bond acceptors (Lipinski definition) is 4.